The summed E-state index contributed by atoms with van der Waals surface area (Å²) >= 11 is 5.62. The Bertz CT molecular complexity index is 299. The molecule has 0 aliphatic heterocycles. The lowest BCUT2D eigenvalue weighted by molar-refractivity contribution is 0.623. The van der Waals surface area contributed by atoms with Gasteiger partial charge in [-0.05, 0) is 18.2 Å². The van der Waals surface area contributed by atoms with Crippen LogP contribution in [-0.2, 0) is 0 Å². The molecule has 0 aliphatic carbocycles. The van der Waals surface area contributed by atoms with E-state index >= 15 is 0 Å². The summed E-state index contributed by atoms with van der Waals surface area (Å²) in [7, 11) is 1.24. The van der Waals surface area contributed by atoms with Gasteiger partial charge in [-0.3, -0.25) is 0 Å². The molecule has 0 bridgehead atoms. The van der Waals surface area contributed by atoms with Gasteiger partial charge < -0.3 is 0 Å². The second-order valence-corrected chi connectivity index (χ2v) is 2.77. The van der Waals surface area contributed by atoms with Crippen molar-refractivity contribution in [3.63, 3.8) is 0 Å². The maximum Gasteiger partial charge on any atom is 0.177 e. The molecule has 62 valence electrons. The summed E-state index contributed by atoms with van der Waals surface area (Å²) in [6, 6.07) is 4.22. The first kappa shape index (κ1) is 9.26. The lowest BCUT2D eigenvalue weighted by Gasteiger charge is -1.98. The van der Waals surface area contributed by atoms with Gasteiger partial charge >= 0.3 is 0 Å². The zero-order valence-corrected chi connectivity index (χ0v) is 7.20. The quantitative estimate of drug-likeness (QED) is 0.591. The first-order valence-corrected chi connectivity index (χ1v) is 3.77. The van der Waals surface area contributed by atoms with Crippen molar-refractivity contribution in [2.45, 2.75) is 0 Å². The SMILES string of the molecule is B/C(F)=C/c1c(F)cccc1Cl. The van der Waals surface area contributed by atoms with Crippen LogP contribution >= 0.6 is 11.6 Å². The smallest absolute Gasteiger partial charge is 0.177 e. The van der Waals surface area contributed by atoms with E-state index in [1.807, 2.05) is 0 Å². The van der Waals surface area contributed by atoms with Crippen molar-refractivity contribution in [2.75, 3.05) is 0 Å². The number of hydrogen-bond donors (Lipinski definition) is 0. The molecular formula is C8H6BClF2. The van der Waals surface area contributed by atoms with E-state index in [-0.39, 0.29) is 10.6 Å². The van der Waals surface area contributed by atoms with E-state index in [2.05, 4.69) is 0 Å². The van der Waals surface area contributed by atoms with Gasteiger partial charge in [0.25, 0.3) is 0 Å². The van der Waals surface area contributed by atoms with Crippen LogP contribution in [0.3, 0.4) is 0 Å². The van der Waals surface area contributed by atoms with E-state index < -0.39 is 11.5 Å². The highest BCUT2D eigenvalue weighted by atomic mass is 35.5. The third-order valence-corrected chi connectivity index (χ3v) is 1.67. The molecule has 0 nitrogen and oxygen atoms in total. The van der Waals surface area contributed by atoms with Crippen LogP contribution in [0, 0.1) is 5.82 Å². The number of halogens is 3. The Labute approximate surface area is 75.3 Å². The summed E-state index contributed by atoms with van der Waals surface area (Å²) < 4.78 is 25.3. The van der Waals surface area contributed by atoms with Crippen molar-refractivity contribution < 1.29 is 8.78 Å². The van der Waals surface area contributed by atoms with Crippen molar-refractivity contribution in [2.24, 2.45) is 0 Å². The minimum Gasteiger partial charge on any atom is -0.224 e. The second-order valence-electron chi connectivity index (χ2n) is 2.37. The van der Waals surface area contributed by atoms with Crippen molar-refractivity contribution in [3.8, 4) is 0 Å². The van der Waals surface area contributed by atoms with Gasteiger partial charge in [-0.15, -0.1) is 0 Å². The molecule has 0 fully saturated rings. The Morgan fingerprint density at radius 2 is 2.17 bits per heavy atom. The molecule has 0 saturated carbocycles. The van der Waals surface area contributed by atoms with Crippen LogP contribution < -0.4 is 0 Å². The normalized spacial score (nSPS) is 11.8. The van der Waals surface area contributed by atoms with Crippen molar-refractivity contribution in [1.29, 1.82) is 0 Å². The highest BCUT2D eigenvalue weighted by Crippen LogP contribution is 2.21. The molecule has 0 aliphatic rings. The molecule has 0 heterocycles. The van der Waals surface area contributed by atoms with Gasteiger partial charge in [-0.25, -0.2) is 8.78 Å². The maximum absolute atomic E-state index is 12.9. The lowest BCUT2D eigenvalue weighted by Crippen LogP contribution is -1.83. The third-order valence-electron chi connectivity index (χ3n) is 1.34. The molecule has 1 rings (SSSR count). The molecule has 0 amide bonds. The molecule has 1 aromatic carbocycles. The zero-order valence-electron chi connectivity index (χ0n) is 6.44. The van der Waals surface area contributed by atoms with Crippen LogP contribution in [0.4, 0.5) is 8.78 Å². The fraction of sp³-hybridized carbons (Fsp3) is 0. The van der Waals surface area contributed by atoms with Gasteiger partial charge in [-0.2, -0.15) is 0 Å². The molecule has 0 atom stereocenters. The fourth-order valence-corrected chi connectivity index (χ4v) is 1.07. The molecule has 4 heteroatoms. The Balaban J connectivity index is 3.22. The van der Waals surface area contributed by atoms with E-state index in [1.165, 1.54) is 26.0 Å². The molecule has 0 spiro atoms. The highest BCUT2D eigenvalue weighted by Gasteiger charge is 2.03. The predicted octanol–water partition coefficient (Wildman–Crippen LogP) is 2.38. The number of benzene rings is 1. The molecule has 0 N–H and O–H groups in total. The van der Waals surface area contributed by atoms with Crippen LogP contribution in [0.1, 0.15) is 5.56 Å². The third kappa shape index (κ3) is 2.08. The Morgan fingerprint density at radius 3 is 2.67 bits per heavy atom. The summed E-state index contributed by atoms with van der Waals surface area (Å²) in [4.78, 5) is 0. The maximum atomic E-state index is 12.9. The summed E-state index contributed by atoms with van der Waals surface area (Å²) in [6.07, 6.45) is 1.07. The standard InChI is InChI=1S/C8H6BClF2/c9-8(12)4-5-6(10)2-1-3-7(5)11/h1-4H,9H2/b8-4-. The molecule has 1 aromatic rings. The summed E-state index contributed by atoms with van der Waals surface area (Å²) in [6.45, 7) is 0. The highest BCUT2D eigenvalue weighted by molar-refractivity contribution is 6.32. The molecule has 0 unspecified atom stereocenters. The second kappa shape index (κ2) is 3.72. The monoisotopic (exact) mass is 186 g/mol. The Hall–Kier alpha value is -0.825. The predicted molar refractivity (Wildman–Crippen MR) is 49.0 cm³/mol. The average molecular weight is 186 g/mol. The first-order valence-electron chi connectivity index (χ1n) is 3.39. The van der Waals surface area contributed by atoms with Crippen molar-refractivity contribution in [1.82, 2.24) is 0 Å². The topological polar surface area (TPSA) is 0 Å². The molecule has 0 radical (unpaired) electrons. The average Bonchev–Trinajstić information content (AvgIpc) is 1.97. The van der Waals surface area contributed by atoms with E-state index in [0.29, 0.717) is 0 Å². The van der Waals surface area contributed by atoms with Crippen LogP contribution in [0.15, 0.2) is 23.9 Å². The Morgan fingerprint density at radius 1 is 1.50 bits per heavy atom. The summed E-state index contributed by atoms with van der Waals surface area (Å²) in [5.41, 5.74) is -0.374. The van der Waals surface area contributed by atoms with Crippen molar-refractivity contribution in [3.05, 3.63) is 40.3 Å². The fourth-order valence-electron chi connectivity index (χ4n) is 0.847. The van der Waals surface area contributed by atoms with Crippen LogP contribution in [0.2, 0.25) is 5.02 Å². The first-order chi connectivity index (χ1) is 5.61. The van der Waals surface area contributed by atoms with Gasteiger partial charge in [0.05, 0.1) is 10.7 Å². The van der Waals surface area contributed by atoms with Gasteiger partial charge in [0.2, 0.25) is 0 Å². The van der Waals surface area contributed by atoms with E-state index in [1.54, 1.807) is 0 Å². The minimum absolute atomic E-state index is 0.0965. The molecular weight excluding hydrogens is 180 g/mol. The van der Waals surface area contributed by atoms with Gasteiger partial charge in [0.1, 0.15) is 5.82 Å². The zero-order chi connectivity index (χ0) is 9.14. The summed E-state index contributed by atoms with van der Waals surface area (Å²) in [5.74, 6) is -0.514. The molecule has 0 saturated heterocycles. The minimum atomic E-state index is -0.514. The largest absolute Gasteiger partial charge is 0.224 e. The van der Waals surface area contributed by atoms with Crippen LogP contribution in [0.25, 0.3) is 6.08 Å². The van der Waals surface area contributed by atoms with Gasteiger partial charge in [0, 0.05) is 5.56 Å². The number of rotatable bonds is 1. The van der Waals surface area contributed by atoms with Crippen LogP contribution in [-0.4, -0.2) is 7.85 Å². The molecule has 0 aromatic heterocycles. The molecule has 12 heavy (non-hydrogen) atoms. The van der Waals surface area contributed by atoms with E-state index in [9.17, 15) is 8.78 Å². The Kier molecular flexibility index (Phi) is 2.87. The lowest BCUT2D eigenvalue weighted by atomic mass is 10.1. The van der Waals surface area contributed by atoms with Gasteiger partial charge in [-0.1, -0.05) is 17.7 Å². The van der Waals surface area contributed by atoms with E-state index in [4.69, 9.17) is 11.6 Å². The van der Waals surface area contributed by atoms with Crippen LogP contribution in [0.5, 0.6) is 0 Å². The number of hydrogen-bond acceptors (Lipinski definition) is 0. The van der Waals surface area contributed by atoms with Crippen molar-refractivity contribution >= 4 is 25.5 Å². The van der Waals surface area contributed by atoms with E-state index in [0.717, 1.165) is 6.08 Å². The summed E-state index contributed by atoms with van der Waals surface area (Å²) in [5, 5.41) is 0.215. The van der Waals surface area contributed by atoms with Gasteiger partial charge in [0.15, 0.2) is 7.85 Å².